The molecule has 108 valence electrons. The first-order valence-electron chi connectivity index (χ1n) is 5.78. The molecule has 0 amide bonds. The third-order valence-corrected chi connectivity index (χ3v) is 4.46. The third kappa shape index (κ3) is 3.07. The molecular formula is C13H11ClN4O2S. The van der Waals surface area contributed by atoms with Crippen LogP contribution in [0.3, 0.4) is 0 Å². The minimum Gasteiger partial charge on any atom is -0.399 e. The van der Waals surface area contributed by atoms with Gasteiger partial charge in [-0.2, -0.15) is 5.26 Å². The number of aromatic nitrogens is 1. The Morgan fingerprint density at radius 3 is 2.71 bits per heavy atom. The van der Waals surface area contributed by atoms with Crippen LogP contribution in [0.2, 0.25) is 5.15 Å². The summed E-state index contributed by atoms with van der Waals surface area (Å²) in [7, 11) is -3.97. The highest BCUT2D eigenvalue weighted by atomic mass is 35.5. The minimum atomic E-state index is -3.97. The molecule has 0 bridgehead atoms. The summed E-state index contributed by atoms with van der Waals surface area (Å²) in [5, 5.41) is 9.08. The molecule has 0 aliphatic rings. The Labute approximate surface area is 127 Å². The van der Waals surface area contributed by atoms with Gasteiger partial charge in [0.2, 0.25) is 0 Å². The Kier molecular flexibility index (Phi) is 4.02. The molecular weight excluding hydrogens is 312 g/mol. The zero-order valence-electron chi connectivity index (χ0n) is 11.0. The molecule has 21 heavy (non-hydrogen) atoms. The van der Waals surface area contributed by atoms with Gasteiger partial charge in [-0.1, -0.05) is 11.6 Å². The van der Waals surface area contributed by atoms with E-state index in [0.717, 1.165) is 0 Å². The molecule has 1 aromatic carbocycles. The number of nitrogen functional groups attached to an aromatic ring is 1. The van der Waals surface area contributed by atoms with Gasteiger partial charge in [0.25, 0.3) is 10.0 Å². The maximum Gasteiger partial charge on any atom is 0.263 e. The van der Waals surface area contributed by atoms with E-state index in [1.807, 2.05) is 6.07 Å². The highest BCUT2D eigenvalue weighted by molar-refractivity contribution is 7.92. The number of nitrogens with one attached hydrogen (secondary N) is 1. The number of aryl methyl sites for hydroxylation is 1. The fraction of sp³-hybridized carbons (Fsp3) is 0.0769. The van der Waals surface area contributed by atoms with E-state index in [0.29, 0.717) is 11.3 Å². The molecule has 0 saturated heterocycles. The van der Waals surface area contributed by atoms with Gasteiger partial charge in [-0.05, 0) is 36.8 Å². The monoisotopic (exact) mass is 322 g/mol. The molecule has 6 nitrogen and oxygen atoms in total. The minimum absolute atomic E-state index is 0.0347. The van der Waals surface area contributed by atoms with Crippen molar-refractivity contribution in [3.05, 3.63) is 46.7 Å². The van der Waals surface area contributed by atoms with E-state index in [9.17, 15) is 8.42 Å². The van der Waals surface area contributed by atoms with Crippen molar-refractivity contribution in [2.75, 3.05) is 10.5 Å². The summed E-state index contributed by atoms with van der Waals surface area (Å²) >= 11 is 5.90. The molecule has 3 N–H and O–H groups in total. The molecule has 0 unspecified atom stereocenters. The summed E-state index contributed by atoms with van der Waals surface area (Å²) in [5.41, 5.74) is 6.61. The number of sulfonamides is 1. The summed E-state index contributed by atoms with van der Waals surface area (Å²) < 4.78 is 27.2. The lowest BCUT2D eigenvalue weighted by Gasteiger charge is -2.12. The molecule has 0 fully saturated rings. The van der Waals surface area contributed by atoms with E-state index in [1.54, 1.807) is 13.0 Å². The first-order chi connectivity index (χ1) is 9.85. The van der Waals surface area contributed by atoms with Crippen LogP contribution in [0, 0.1) is 18.3 Å². The van der Waals surface area contributed by atoms with E-state index in [-0.39, 0.29) is 21.3 Å². The number of hydrogen-bond donors (Lipinski definition) is 2. The lowest BCUT2D eigenvalue weighted by atomic mass is 10.2. The molecule has 0 aliphatic carbocycles. The van der Waals surface area contributed by atoms with Gasteiger partial charge in [0.05, 0.1) is 11.3 Å². The molecule has 0 radical (unpaired) electrons. The van der Waals surface area contributed by atoms with Crippen LogP contribution in [-0.4, -0.2) is 13.4 Å². The molecule has 0 atom stereocenters. The quantitative estimate of drug-likeness (QED) is 0.665. The van der Waals surface area contributed by atoms with Gasteiger partial charge < -0.3 is 5.73 Å². The van der Waals surface area contributed by atoms with Crippen LogP contribution in [0.15, 0.2) is 35.4 Å². The lowest BCUT2D eigenvalue weighted by Crippen LogP contribution is -2.16. The highest BCUT2D eigenvalue weighted by Crippen LogP contribution is 2.27. The second-order valence-electron chi connectivity index (χ2n) is 4.27. The zero-order chi connectivity index (χ0) is 15.6. The standard InChI is InChI=1S/C13H11ClN4O2S/c1-8-4-5-17-13(14)12(8)18-21(19,20)11-3-2-10(16)6-9(11)7-15/h2-6,18H,16H2,1H3. The molecule has 0 aliphatic heterocycles. The number of nitrogens with zero attached hydrogens (tertiary/aromatic N) is 2. The van der Waals surface area contributed by atoms with Crippen LogP contribution in [-0.2, 0) is 10.0 Å². The summed E-state index contributed by atoms with van der Waals surface area (Å²) in [5.74, 6) is 0. The smallest absolute Gasteiger partial charge is 0.263 e. The van der Waals surface area contributed by atoms with Crippen molar-refractivity contribution < 1.29 is 8.42 Å². The van der Waals surface area contributed by atoms with Gasteiger partial charge >= 0.3 is 0 Å². The van der Waals surface area contributed by atoms with Crippen LogP contribution in [0.4, 0.5) is 11.4 Å². The van der Waals surface area contributed by atoms with Crippen LogP contribution >= 0.6 is 11.6 Å². The van der Waals surface area contributed by atoms with Crippen molar-refractivity contribution in [2.45, 2.75) is 11.8 Å². The van der Waals surface area contributed by atoms with E-state index in [1.165, 1.54) is 24.4 Å². The van der Waals surface area contributed by atoms with Crippen LogP contribution in [0.1, 0.15) is 11.1 Å². The molecule has 8 heteroatoms. The largest absolute Gasteiger partial charge is 0.399 e. The van der Waals surface area contributed by atoms with Crippen molar-refractivity contribution in [2.24, 2.45) is 0 Å². The Morgan fingerprint density at radius 1 is 1.38 bits per heavy atom. The van der Waals surface area contributed by atoms with Gasteiger partial charge in [0.1, 0.15) is 11.0 Å². The fourth-order valence-corrected chi connectivity index (χ4v) is 3.29. The zero-order valence-corrected chi connectivity index (χ0v) is 12.5. The number of rotatable bonds is 3. The summed E-state index contributed by atoms with van der Waals surface area (Å²) in [4.78, 5) is 3.66. The summed E-state index contributed by atoms with van der Waals surface area (Å²) in [6.07, 6.45) is 1.47. The first kappa shape index (κ1) is 15.1. The summed E-state index contributed by atoms with van der Waals surface area (Å²) in [6.45, 7) is 1.69. The number of benzene rings is 1. The highest BCUT2D eigenvalue weighted by Gasteiger charge is 2.21. The SMILES string of the molecule is Cc1ccnc(Cl)c1NS(=O)(=O)c1ccc(N)cc1C#N. The molecule has 1 heterocycles. The number of nitriles is 1. The van der Waals surface area contributed by atoms with Gasteiger partial charge in [0.15, 0.2) is 5.15 Å². The van der Waals surface area contributed by atoms with E-state index in [4.69, 9.17) is 22.6 Å². The second-order valence-corrected chi connectivity index (χ2v) is 6.28. The Hall–Kier alpha value is -2.30. The van der Waals surface area contributed by atoms with Gasteiger partial charge in [0, 0.05) is 11.9 Å². The average molecular weight is 323 g/mol. The summed E-state index contributed by atoms with van der Waals surface area (Å²) in [6, 6.07) is 7.41. The number of hydrogen-bond acceptors (Lipinski definition) is 5. The molecule has 2 aromatic rings. The van der Waals surface area contributed by atoms with E-state index in [2.05, 4.69) is 9.71 Å². The van der Waals surface area contributed by atoms with E-state index < -0.39 is 10.0 Å². The van der Waals surface area contributed by atoms with Gasteiger partial charge in [-0.3, -0.25) is 4.72 Å². The van der Waals surface area contributed by atoms with Crippen molar-refractivity contribution in [1.29, 1.82) is 5.26 Å². The molecule has 1 aromatic heterocycles. The van der Waals surface area contributed by atoms with Crippen molar-refractivity contribution in [1.82, 2.24) is 4.98 Å². The molecule has 0 saturated carbocycles. The van der Waals surface area contributed by atoms with Crippen molar-refractivity contribution >= 4 is 33.0 Å². The van der Waals surface area contributed by atoms with Gasteiger partial charge in [-0.15, -0.1) is 0 Å². The third-order valence-electron chi connectivity index (χ3n) is 2.76. The van der Waals surface area contributed by atoms with E-state index >= 15 is 0 Å². The topological polar surface area (TPSA) is 109 Å². The van der Waals surface area contributed by atoms with Crippen LogP contribution in [0.25, 0.3) is 0 Å². The van der Waals surface area contributed by atoms with Crippen molar-refractivity contribution in [3.63, 3.8) is 0 Å². The predicted octanol–water partition coefficient (Wildman–Crippen LogP) is 2.30. The molecule has 0 spiro atoms. The number of anilines is 2. The Balaban J connectivity index is 2.52. The second kappa shape index (κ2) is 5.60. The maximum absolute atomic E-state index is 12.4. The average Bonchev–Trinajstić information content (AvgIpc) is 2.42. The number of halogens is 1. The van der Waals surface area contributed by atoms with Crippen LogP contribution < -0.4 is 10.5 Å². The maximum atomic E-state index is 12.4. The molecule has 2 rings (SSSR count). The Bertz CT molecular complexity index is 823. The normalized spacial score (nSPS) is 10.9. The van der Waals surface area contributed by atoms with Gasteiger partial charge in [-0.25, -0.2) is 13.4 Å². The predicted molar refractivity (Wildman–Crippen MR) is 80.4 cm³/mol. The first-order valence-corrected chi connectivity index (χ1v) is 7.65. The van der Waals surface area contributed by atoms with Crippen molar-refractivity contribution in [3.8, 4) is 6.07 Å². The number of pyridine rings is 1. The fourth-order valence-electron chi connectivity index (χ4n) is 1.71. The lowest BCUT2D eigenvalue weighted by molar-refractivity contribution is 0.601. The van der Waals surface area contributed by atoms with Crippen LogP contribution in [0.5, 0.6) is 0 Å². The number of nitrogens with two attached hydrogens (primary N) is 1. The Morgan fingerprint density at radius 2 is 2.10 bits per heavy atom.